The van der Waals surface area contributed by atoms with E-state index in [-0.39, 0.29) is 5.66 Å². The van der Waals surface area contributed by atoms with E-state index in [4.69, 9.17) is 6.58 Å². The van der Waals surface area contributed by atoms with Gasteiger partial charge in [-0.3, -0.25) is 0 Å². The Morgan fingerprint density at radius 2 is 0.947 bits per heavy atom. The smallest absolute Gasteiger partial charge is 0.154 e. The van der Waals surface area contributed by atoms with Gasteiger partial charge < -0.3 is 4.57 Å². The van der Waals surface area contributed by atoms with Gasteiger partial charge in [0.05, 0.1) is 5.66 Å². The van der Waals surface area contributed by atoms with E-state index in [1.54, 1.807) is 0 Å². The van der Waals surface area contributed by atoms with Crippen molar-refractivity contribution in [3.05, 3.63) is 168 Å². The number of hydrogen-bond donors (Lipinski definition) is 0. The Balaban J connectivity index is 1.78. The third-order valence-corrected chi connectivity index (χ3v) is 13.1. The van der Waals surface area contributed by atoms with Crippen molar-refractivity contribution in [2.24, 2.45) is 0 Å². The largest absolute Gasteiger partial charge is 0.313 e. The molecule has 0 spiro atoms. The second kappa shape index (κ2) is 11.5. The molecule has 0 bridgehead atoms. The molecule has 5 aromatic carbocycles. The molecule has 0 aromatic heterocycles. The molecular weight excluding hydrogens is 498 g/mol. The first-order valence-corrected chi connectivity index (χ1v) is 16.0. The molecule has 0 aliphatic carbocycles. The average Bonchev–Trinajstić information content (AvgIpc) is 2.97. The van der Waals surface area contributed by atoms with E-state index < -0.39 is 15.1 Å². The minimum atomic E-state index is -3.21. The van der Waals surface area contributed by atoms with Crippen molar-refractivity contribution in [1.29, 1.82) is 0 Å². The van der Waals surface area contributed by atoms with Crippen molar-refractivity contribution >= 4 is 36.3 Å². The van der Waals surface area contributed by atoms with Gasteiger partial charge in [0, 0.05) is 10.6 Å². The maximum Gasteiger partial charge on any atom is 0.154 e. The van der Waals surface area contributed by atoms with Crippen molar-refractivity contribution in [2.75, 3.05) is 0 Å². The quantitative estimate of drug-likeness (QED) is 0.186. The van der Waals surface area contributed by atoms with Crippen LogP contribution in [0.4, 0.5) is 0 Å². The van der Waals surface area contributed by atoms with Gasteiger partial charge in [-0.15, -0.1) is 0 Å². The molecule has 5 rings (SSSR count). The maximum absolute atomic E-state index is 15.8. The van der Waals surface area contributed by atoms with Gasteiger partial charge in [-0.1, -0.05) is 157 Å². The zero-order valence-electron chi connectivity index (χ0n) is 21.9. The summed E-state index contributed by atoms with van der Waals surface area (Å²) in [5, 5.41) is 5.13. The van der Waals surface area contributed by atoms with Crippen LogP contribution in [0.2, 0.25) is 0 Å². The summed E-state index contributed by atoms with van der Waals surface area (Å²) in [4.78, 5) is 0. The summed E-state index contributed by atoms with van der Waals surface area (Å²) in [6.07, 6.45) is 0. The number of benzene rings is 5. The summed E-state index contributed by atoms with van der Waals surface area (Å²) in [6.45, 7) is 9.02. The Labute approximate surface area is 228 Å². The van der Waals surface area contributed by atoms with E-state index in [1.165, 1.54) is 21.7 Å². The van der Waals surface area contributed by atoms with Crippen molar-refractivity contribution in [1.82, 2.24) is 0 Å². The number of aryl methyl sites for hydroxylation is 2. The van der Waals surface area contributed by atoms with Crippen LogP contribution in [0.1, 0.15) is 22.3 Å². The Hall–Kier alpha value is -3.50. The SMILES string of the molecule is C=C(C(c1ccccc1)P(=O)(c1ccccc1)c1ccccc1)P(c1ccc(C)cc1)c1ccc(C)cc1. The topological polar surface area (TPSA) is 17.1 Å². The second-order valence-electron chi connectivity index (χ2n) is 9.64. The van der Waals surface area contributed by atoms with E-state index in [0.29, 0.717) is 0 Å². The highest BCUT2D eigenvalue weighted by molar-refractivity contribution is 7.82. The predicted molar refractivity (Wildman–Crippen MR) is 167 cm³/mol. The predicted octanol–water partition coefficient (Wildman–Crippen LogP) is 8.01. The molecular formula is C35H32OP2. The first kappa shape index (κ1) is 26.1. The fraction of sp³-hybridized carbons (Fsp3) is 0.0857. The molecule has 1 nitrogen and oxygen atoms in total. The van der Waals surface area contributed by atoms with Crippen LogP contribution in [-0.4, -0.2) is 0 Å². The van der Waals surface area contributed by atoms with Gasteiger partial charge in [-0.2, -0.15) is 0 Å². The number of hydrogen-bond acceptors (Lipinski definition) is 1. The summed E-state index contributed by atoms with van der Waals surface area (Å²) in [5.74, 6) is 0. The Bertz CT molecular complexity index is 1450. The molecule has 0 aliphatic heterocycles. The molecule has 0 saturated heterocycles. The van der Waals surface area contributed by atoms with Crippen LogP contribution in [0.3, 0.4) is 0 Å². The second-order valence-corrected chi connectivity index (χ2v) is 14.8. The molecule has 188 valence electrons. The average molecular weight is 531 g/mol. The summed E-state index contributed by atoms with van der Waals surface area (Å²) in [6, 6.07) is 47.8. The number of rotatable bonds is 8. The lowest BCUT2D eigenvalue weighted by Gasteiger charge is -2.35. The number of allylic oxidation sites excluding steroid dienone is 1. The molecule has 1 atom stereocenters. The minimum absolute atomic E-state index is 0.387. The van der Waals surface area contributed by atoms with Crippen molar-refractivity contribution in [2.45, 2.75) is 19.5 Å². The molecule has 0 amide bonds. The normalized spacial score (nSPS) is 12.3. The Morgan fingerprint density at radius 1 is 0.579 bits per heavy atom. The van der Waals surface area contributed by atoms with Crippen LogP contribution in [-0.2, 0) is 4.57 Å². The first-order chi connectivity index (χ1) is 18.5. The summed E-state index contributed by atoms with van der Waals surface area (Å²) >= 11 is 0. The fourth-order valence-corrected chi connectivity index (χ4v) is 11.2. The lowest BCUT2D eigenvalue weighted by Crippen LogP contribution is -2.24. The fourth-order valence-electron chi connectivity index (χ4n) is 4.98. The third kappa shape index (κ3) is 5.23. The maximum atomic E-state index is 15.8. The Morgan fingerprint density at radius 3 is 1.34 bits per heavy atom. The van der Waals surface area contributed by atoms with Crippen LogP contribution >= 0.6 is 15.1 Å². The van der Waals surface area contributed by atoms with Crippen molar-refractivity contribution in [3.63, 3.8) is 0 Å². The summed E-state index contributed by atoms with van der Waals surface area (Å²) in [5.41, 5.74) is 3.08. The van der Waals surface area contributed by atoms with Crippen molar-refractivity contribution in [3.8, 4) is 0 Å². The summed E-state index contributed by atoms with van der Waals surface area (Å²) < 4.78 is 15.8. The zero-order valence-corrected chi connectivity index (χ0v) is 23.7. The van der Waals surface area contributed by atoms with Crippen LogP contribution in [0.5, 0.6) is 0 Å². The van der Waals surface area contributed by atoms with Gasteiger partial charge in [0.25, 0.3) is 0 Å². The molecule has 0 fully saturated rings. The first-order valence-electron chi connectivity index (χ1n) is 12.9. The zero-order chi connectivity index (χ0) is 26.5. The van der Waals surface area contributed by atoms with Gasteiger partial charge >= 0.3 is 0 Å². The van der Waals surface area contributed by atoms with E-state index in [1.807, 2.05) is 78.9 Å². The van der Waals surface area contributed by atoms with Crippen LogP contribution in [0.15, 0.2) is 151 Å². The highest BCUT2D eigenvalue weighted by Crippen LogP contribution is 2.66. The van der Waals surface area contributed by atoms with Gasteiger partial charge in [-0.25, -0.2) is 0 Å². The third-order valence-electron chi connectivity index (χ3n) is 6.95. The lowest BCUT2D eigenvalue weighted by molar-refractivity contribution is 0.583. The van der Waals surface area contributed by atoms with Gasteiger partial charge in [-0.05, 0) is 43.3 Å². The molecule has 1 unspecified atom stereocenters. The molecule has 3 heteroatoms. The highest BCUT2D eigenvalue weighted by atomic mass is 31.2. The molecule has 0 heterocycles. The molecule has 0 saturated carbocycles. The van der Waals surface area contributed by atoms with Gasteiger partial charge in [0.1, 0.15) is 0 Å². The standard InChI is InChI=1S/C35H32OP2/c1-27-19-23-31(24-20-27)37(32-25-21-28(2)22-26-32)29(3)35(30-13-7-4-8-14-30)38(36,33-15-9-5-10-16-33)34-17-11-6-12-18-34/h4-26,35H,3H2,1-2H3. The summed E-state index contributed by atoms with van der Waals surface area (Å²) in [7, 11) is -4.22. The van der Waals surface area contributed by atoms with E-state index in [2.05, 4.69) is 74.5 Å². The minimum Gasteiger partial charge on any atom is -0.313 e. The van der Waals surface area contributed by atoms with Crippen LogP contribution in [0, 0.1) is 13.8 Å². The Kier molecular flexibility index (Phi) is 7.90. The monoisotopic (exact) mass is 530 g/mol. The van der Waals surface area contributed by atoms with Crippen LogP contribution in [0.25, 0.3) is 0 Å². The van der Waals surface area contributed by atoms with E-state index in [9.17, 15) is 0 Å². The van der Waals surface area contributed by atoms with E-state index >= 15 is 4.57 Å². The van der Waals surface area contributed by atoms with Crippen molar-refractivity contribution < 1.29 is 4.57 Å². The molecule has 38 heavy (non-hydrogen) atoms. The molecule has 0 radical (unpaired) electrons. The molecule has 0 aliphatic rings. The molecule has 0 N–H and O–H groups in total. The lowest BCUT2D eigenvalue weighted by atomic mass is 10.1. The highest BCUT2D eigenvalue weighted by Gasteiger charge is 2.42. The van der Waals surface area contributed by atoms with Gasteiger partial charge in [0.15, 0.2) is 7.14 Å². The van der Waals surface area contributed by atoms with Crippen LogP contribution < -0.4 is 21.2 Å². The molecule has 5 aromatic rings. The van der Waals surface area contributed by atoms with Gasteiger partial charge in [0.2, 0.25) is 0 Å². The van der Waals surface area contributed by atoms with E-state index in [0.717, 1.165) is 21.5 Å².